The number of carbonyl (C=O) groups excluding carboxylic acids is 2. The molecule has 0 saturated heterocycles. The zero-order valence-corrected chi connectivity index (χ0v) is 13.6. The summed E-state index contributed by atoms with van der Waals surface area (Å²) >= 11 is 0. The van der Waals surface area contributed by atoms with Gasteiger partial charge < -0.3 is 15.3 Å². The quantitative estimate of drug-likeness (QED) is 0.642. The lowest BCUT2D eigenvalue weighted by molar-refractivity contribution is -0.147. The lowest BCUT2D eigenvalue weighted by atomic mass is 9.94. The van der Waals surface area contributed by atoms with Gasteiger partial charge in [-0.25, -0.2) is 0 Å². The first-order chi connectivity index (χ1) is 9.74. The molecule has 0 aromatic rings. The van der Waals surface area contributed by atoms with E-state index in [9.17, 15) is 14.4 Å². The molecular weight excluding hydrogens is 272 g/mol. The van der Waals surface area contributed by atoms with Gasteiger partial charge >= 0.3 is 5.97 Å². The number of nitrogens with one attached hydrogen (secondary N) is 1. The minimum atomic E-state index is -1.00. The third-order valence-corrected chi connectivity index (χ3v) is 3.21. The van der Waals surface area contributed by atoms with Crippen LogP contribution in [0.25, 0.3) is 0 Å². The Morgan fingerprint density at radius 3 is 2.00 bits per heavy atom. The molecule has 0 aromatic heterocycles. The van der Waals surface area contributed by atoms with E-state index in [4.69, 9.17) is 5.11 Å². The van der Waals surface area contributed by atoms with Crippen LogP contribution in [0.15, 0.2) is 0 Å². The average Bonchev–Trinajstić information content (AvgIpc) is 2.42. The molecular formula is C15H28N2O4. The summed E-state index contributed by atoms with van der Waals surface area (Å²) in [7, 11) is 0. The highest BCUT2D eigenvalue weighted by atomic mass is 16.4. The molecule has 6 heteroatoms. The molecule has 0 aliphatic heterocycles. The van der Waals surface area contributed by atoms with Crippen LogP contribution in [0.5, 0.6) is 0 Å². The zero-order valence-electron chi connectivity index (χ0n) is 13.6. The smallest absolute Gasteiger partial charge is 0.310 e. The Hall–Kier alpha value is -1.59. The van der Waals surface area contributed by atoms with Crippen LogP contribution in [-0.2, 0) is 14.4 Å². The van der Waals surface area contributed by atoms with Crippen molar-refractivity contribution in [3.63, 3.8) is 0 Å². The third kappa shape index (κ3) is 7.68. The van der Waals surface area contributed by atoms with Gasteiger partial charge in [-0.05, 0) is 26.7 Å². The summed E-state index contributed by atoms with van der Waals surface area (Å²) in [5.74, 6) is -1.27. The fraction of sp³-hybridized carbons (Fsp3) is 0.800. The standard InChI is InChI=1S/C15H28N2O4/c1-5-9-17(10-6-2)13(19)8-7-12(18)16-11-15(3,4)14(20)21/h5-11H2,1-4H3,(H,16,18)(H,20,21). The number of hydrogen-bond acceptors (Lipinski definition) is 3. The van der Waals surface area contributed by atoms with Crippen LogP contribution < -0.4 is 5.32 Å². The predicted octanol–water partition coefficient (Wildman–Crippen LogP) is 1.64. The molecule has 2 amide bonds. The van der Waals surface area contributed by atoms with E-state index in [1.54, 1.807) is 18.7 Å². The fourth-order valence-electron chi connectivity index (χ4n) is 1.76. The summed E-state index contributed by atoms with van der Waals surface area (Å²) in [5, 5.41) is 11.5. The molecule has 0 unspecified atom stereocenters. The molecule has 0 spiro atoms. The molecule has 0 heterocycles. The molecule has 0 atom stereocenters. The van der Waals surface area contributed by atoms with Crippen LogP contribution >= 0.6 is 0 Å². The van der Waals surface area contributed by atoms with E-state index in [1.165, 1.54) is 0 Å². The Morgan fingerprint density at radius 1 is 1.05 bits per heavy atom. The second-order valence-electron chi connectivity index (χ2n) is 5.85. The van der Waals surface area contributed by atoms with Crippen molar-refractivity contribution in [2.75, 3.05) is 19.6 Å². The minimum Gasteiger partial charge on any atom is -0.481 e. The molecule has 6 nitrogen and oxygen atoms in total. The highest BCUT2D eigenvalue weighted by molar-refractivity contribution is 5.84. The monoisotopic (exact) mass is 300 g/mol. The second kappa shape index (κ2) is 9.37. The van der Waals surface area contributed by atoms with E-state index in [0.29, 0.717) is 13.1 Å². The molecule has 0 radical (unpaired) electrons. The SMILES string of the molecule is CCCN(CCC)C(=O)CCC(=O)NCC(C)(C)C(=O)O. The zero-order chi connectivity index (χ0) is 16.5. The molecule has 0 aromatic carbocycles. The van der Waals surface area contributed by atoms with Crippen molar-refractivity contribution in [2.24, 2.45) is 5.41 Å². The first-order valence-electron chi connectivity index (χ1n) is 7.52. The second-order valence-corrected chi connectivity index (χ2v) is 5.85. The molecule has 0 rings (SSSR count). The Morgan fingerprint density at radius 2 is 1.57 bits per heavy atom. The van der Waals surface area contributed by atoms with E-state index < -0.39 is 11.4 Å². The normalized spacial score (nSPS) is 11.0. The van der Waals surface area contributed by atoms with Crippen LogP contribution in [0.1, 0.15) is 53.4 Å². The van der Waals surface area contributed by atoms with Crippen molar-refractivity contribution in [1.82, 2.24) is 10.2 Å². The molecule has 2 N–H and O–H groups in total. The van der Waals surface area contributed by atoms with E-state index in [-0.39, 0.29) is 31.2 Å². The molecule has 21 heavy (non-hydrogen) atoms. The van der Waals surface area contributed by atoms with E-state index in [2.05, 4.69) is 5.32 Å². The van der Waals surface area contributed by atoms with Gasteiger partial charge in [0.2, 0.25) is 11.8 Å². The maximum atomic E-state index is 12.0. The van der Waals surface area contributed by atoms with Crippen molar-refractivity contribution < 1.29 is 19.5 Å². The minimum absolute atomic E-state index is 0.0219. The highest BCUT2D eigenvalue weighted by Crippen LogP contribution is 2.13. The lowest BCUT2D eigenvalue weighted by Crippen LogP contribution is -2.39. The van der Waals surface area contributed by atoms with E-state index in [1.807, 2.05) is 13.8 Å². The molecule has 0 aliphatic carbocycles. The summed E-state index contributed by atoms with van der Waals surface area (Å²) in [6.07, 6.45) is 2.05. The predicted molar refractivity (Wildman–Crippen MR) is 80.8 cm³/mol. The number of aliphatic carboxylic acids is 1. The Balaban J connectivity index is 4.17. The highest BCUT2D eigenvalue weighted by Gasteiger charge is 2.27. The number of rotatable bonds is 10. The molecule has 122 valence electrons. The average molecular weight is 300 g/mol. The van der Waals surface area contributed by atoms with Gasteiger partial charge in [0.1, 0.15) is 0 Å². The van der Waals surface area contributed by atoms with Crippen LogP contribution in [0, 0.1) is 5.41 Å². The lowest BCUT2D eigenvalue weighted by Gasteiger charge is -2.22. The summed E-state index contributed by atoms with van der Waals surface area (Å²) in [4.78, 5) is 36.4. The topological polar surface area (TPSA) is 86.7 Å². The summed E-state index contributed by atoms with van der Waals surface area (Å²) in [5.41, 5.74) is -1.00. The van der Waals surface area contributed by atoms with Gasteiger partial charge in [0.05, 0.1) is 5.41 Å². The first-order valence-corrected chi connectivity index (χ1v) is 7.52. The summed E-state index contributed by atoms with van der Waals surface area (Å²) in [6, 6.07) is 0. The van der Waals surface area contributed by atoms with Gasteiger partial charge in [0.25, 0.3) is 0 Å². The number of amides is 2. The molecule has 0 saturated carbocycles. The van der Waals surface area contributed by atoms with Crippen molar-refractivity contribution in [3.05, 3.63) is 0 Å². The van der Waals surface area contributed by atoms with Gasteiger partial charge in [-0.3, -0.25) is 14.4 Å². The molecule has 0 bridgehead atoms. The number of carboxylic acid groups (broad SMARTS) is 1. The van der Waals surface area contributed by atoms with Crippen LogP contribution in [-0.4, -0.2) is 47.4 Å². The third-order valence-electron chi connectivity index (χ3n) is 3.21. The Kier molecular flexibility index (Phi) is 8.66. The number of hydrogen-bond donors (Lipinski definition) is 2. The van der Waals surface area contributed by atoms with Crippen molar-refractivity contribution in [2.45, 2.75) is 53.4 Å². The molecule has 0 fully saturated rings. The van der Waals surface area contributed by atoms with Gasteiger partial charge in [0, 0.05) is 32.5 Å². The van der Waals surface area contributed by atoms with Crippen molar-refractivity contribution in [3.8, 4) is 0 Å². The first kappa shape index (κ1) is 19.4. The fourth-order valence-corrected chi connectivity index (χ4v) is 1.76. The van der Waals surface area contributed by atoms with E-state index in [0.717, 1.165) is 12.8 Å². The number of nitrogens with zero attached hydrogens (tertiary/aromatic N) is 1. The van der Waals surface area contributed by atoms with Crippen LogP contribution in [0.2, 0.25) is 0 Å². The maximum absolute atomic E-state index is 12.0. The van der Waals surface area contributed by atoms with E-state index >= 15 is 0 Å². The van der Waals surface area contributed by atoms with Crippen molar-refractivity contribution in [1.29, 1.82) is 0 Å². The van der Waals surface area contributed by atoms with Gasteiger partial charge in [-0.1, -0.05) is 13.8 Å². The van der Waals surface area contributed by atoms with Gasteiger partial charge in [-0.2, -0.15) is 0 Å². The van der Waals surface area contributed by atoms with Crippen LogP contribution in [0.3, 0.4) is 0 Å². The summed E-state index contributed by atoms with van der Waals surface area (Å²) < 4.78 is 0. The van der Waals surface area contributed by atoms with Crippen LogP contribution in [0.4, 0.5) is 0 Å². The van der Waals surface area contributed by atoms with Gasteiger partial charge in [-0.15, -0.1) is 0 Å². The summed E-state index contributed by atoms with van der Waals surface area (Å²) in [6.45, 7) is 8.59. The molecule has 0 aliphatic rings. The Bertz CT molecular complexity index is 361. The Labute approximate surface area is 126 Å². The largest absolute Gasteiger partial charge is 0.481 e. The maximum Gasteiger partial charge on any atom is 0.310 e. The van der Waals surface area contributed by atoms with Gasteiger partial charge in [0.15, 0.2) is 0 Å². The number of carbonyl (C=O) groups is 3. The number of carboxylic acids is 1. The van der Waals surface area contributed by atoms with Crippen molar-refractivity contribution >= 4 is 17.8 Å².